The largest absolute Gasteiger partial charge is 0.282 e. The Bertz CT molecular complexity index is 1450. The molecule has 0 atom stereocenters. The van der Waals surface area contributed by atoms with Crippen molar-refractivity contribution in [2.75, 3.05) is 17.7 Å². The second-order valence-electron chi connectivity index (χ2n) is 8.75. The van der Waals surface area contributed by atoms with E-state index in [2.05, 4.69) is 25.0 Å². The van der Waals surface area contributed by atoms with E-state index in [4.69, 9.17) is 4.98 Å². The summed E-state index contributed by atoms with van der Waals surface area (Å²) in [5.41, 5.74) is 4.41. The molecule has 34 heavy (non-hydrogen) atoms. The number of fused-ring (bicyclic) bond motifs is 1. The van der Waals surface area contributed by atoms with E-state index in [1.807, 2.05) is 36.7 Å². The topological polar surface area (TPSA) is 85.2 Å². The number of anilines is 1. The van der Waals surface area contributed by atoms with Gasteiger partial charge in [0.15, 0.2) is 15.0 Å². The van der Waals surface area contributed by atoms with Gasteiger partial charge in [-0.05, 0) is 61.7 Å². The Morgan fingerprint density at radius 3 is 2.41 bits per heavy atom. The van der Waals surface area contributed by atoms with Crippen LogP contribution in [0.15, 0.2) is 53.4 Å². The quantitative estimate of drug-likeness (QED) is 0.360. The molecule has 0 unspecified atom stereocenters. The molecule has 0 aliphatic rings. The van der Waals surface area contributed by atoms with Gasteiger partial charge >= 0.3 is 0 Å². The summed E-state index contributed by atoms with van der Waals surface area (Å²) in [6.07, 6.45) is 1.15. The van der Waals surface area contributed by atoms with Crippen molar-refractivity contribution in [2.24, 2.45) is 0 Å². The number of aryl methyl sites for hydroxylation is 2. The van der Waals surface area contributed by atoms with Crippen LogP contribution in [0.3, 0.4) is 0 Å². The summed E-state index contributed by atoms with van der Waals surface area (Å²) in [6.45, 7) is 9.08. The lowest BCUT2D eigenvalue weighted by atomic mass is 10.0. The summed E-state index contributed by atoms with van der Waals surface area (Å²) in [5.74, 6) is 0.0766. The summed E-state index contributed by atoms with van der Waals surface area (Å²) in [5, 5.41) is 5.13. The Hall–Kier alpha value is -3.04. The van der Waals surface area contributed by atoms with Gasteiger partial charge in [-0.2, -0.15) is 5.10 Å². The maximum absolute atomic E-state index is 13.6. The van der Waals surface area contributed by atoms with Crippen LogP contribution in [0.1, 0.15) is 47.1 Å². The highest BCUT2D eigenvalue weighted by Crippen LogP contribution is 2.34. The average molecular weight is 497 g/mol. The molecule has 9 heteroatoms. The van der Waals surface area contributed by atoms with Crippen LogP contribution < -0.4 is 4.90 Å². The van der Waals surface area contributed by atoms with Gasteiger partial charge in [-0.3, -0.25) is 14.4 Å². The molecule has 0 aliphatic heterocycles. The number of thiazole rings is 1. The summed E-state index contributed by atoms with van der Waals surface area (Å²) >= 11 is 1.48. The molecule has 4 rings (SSSR count). The van der Waals surface area contributed by atoms with Gasteiger partial charge in [0.2, 0.25) is 0 Å². The molecule has 178 valence electrons. The maximum atomic E-state index is 13.6. The molecule has 0 bridgehead atoms. The van der Waals surface area contributed by atoms with Crippen LogP contribution in [0.25, 0.3) is 10.2 Å². The van der Waals surface area contributed by atoms with Crippen molar-refractivity contribution in [3.8, 4) is 0 Å². The molecule has 0 aliphatic carbocycles. The molecule has 0 spiro atoms. The minimum absolute atomic E-state index is 0.180. The molecule has 7 nitrogen and oxygen atoms in total. The molecule has 2 aromatic carbocycles. The van der Waals surface area contributed by atoms with Gasteiger partial charge in [0.25, 0.3) is 5.91 Å². The van der Waals surface area contributed by atoms with Crippen LogP contribution in [-0.4, -0.2) is 41.9 Å². The van der Waals surface area contributed by atoms with Crippen molar-refractivity contribution in [3.63, 3.8) is 0 Å². The second-order valence-corrected chi connectivity index (χ2v) is 11.8. The van der Waals surface area contributed by atoms with E-state index in [0.29, 0.717) is 29.7 Å². The Labute approximate surface area is 204 Å². The Balaban J connectivity index is 1.73. The first-order valence-electron chi connectivity index (χ1n) is 11.1. The van der Waals surface area contributed by atoms with Crippen LogP contribution in [0.4, 0.5) is 5.13 Å². The number of hydrogen-bond donors (Lipinski definition) is 0. The predicted molar refractivity (Wildman–Crippen MR) is 137 cm³/mol. The summed E-state index contributed by atoms with van der Waals surface area (Å²) in [7, 11) is -3.34. The van der Waals surface area contributed by atoms with Gasteiger partial charge in [0, 0.05) is 24.1 Å². The lowest BCUT2D eigenvalue weighted by Gasteiger charge is -2.20. The first-order valence-corrected chi connectivity index (χ1v) is 13.8. The Kier molecular flexibility index (Phi) is 6.60. The molecule has 4 aromatic rings. The average Bonchev–Trinajstić information content (AvgIpc) is 3.35. The van der Waals surface area contributed by atoms with Crippen molar-refractivity contribution < 1.29 is 13.2 Å². The van der Waals surface area contributed by atoms with Gasteiger partial charge in [-0.25, -0.2) is 13.4 Å². The number of benzene rings is 2. The highest BCUT2D eigenvalue weighted by molar-refractivity contribution is 7.90. The smallest absolute Gasteiger partial charge is 0.260 e. The zero-order chi connectivity index (χ0) is 24.6. The highest BCUT2D eigenvalue weighted by atomic mass is 32.2. The van der Waals surface area contributed by atoms with Crippen molar-refractivity contribution in [1.29, 1.82) is 0 Å². The van der Waals surface area contributed by atoms with Crippen molar-refractivity contribution in [3.05, 3.63) is 71.0 Å². The van der Waals surface area contributed by atoms with Crippen LogP contribution >= 0.6 is 11.3 Å². The molecule has 2 aromatic heterocycles. The molecule has 1 amide bonds. The van der Waals surface area contributed by atoms with Crippen LogP contribution in [0, 0.1) is 13.8 Å². The van der Waals surface area contributed by atoms with E-state index in [9.17, 15) is 13.2 Å². The number of rotatable bonds is 7. The van der Waals surface area contributed by atoms with E-state index in [1.54, 1.807) is 17.0 Å². The van der Waals surface area contributed by atoms with Gasteiger partial charge in [0.05, 0.1) is 27.4 Å². The minimum Gasteiger partial charge on any atom is -0.282 e. The monoisotopic (exact) mass is 496 g/mol. The molecular weight excluding hydrogens is 468 g/mol. The number of para-hydroxylation sites is 1. The first kappa shape index (κ1) is 24.1. The number of amides is 1. The van der Waals surface area contributed by atoms with Crippen LogP contribution in [0.5, 0.6) is 0 Å². The normalized spacial score (nSPS) is 11.9. The molecule has 2 heterocycles. The van der Waals surface area contributed by atoms with Crippen LogP contribution in [0.2, 0.25) is 0 Å². The Morgan fingerprint density at radius 2 is 1.82 bits per heavy atom. The molecule has 0 saturated carbocycles. The summed E-state index contributed by atoms with van der Waals surface area (Å²) in [6, 6.07) is 14.2. The number of hydrogen-bond acceptors (Lipinski definition) is 6. The maximum Gasteiger partial charge on any atom is 0.260 e. The zero-order valence-electron chi connectivity index (χ0n) is 19.9. The standard InChI is InChI=1S/C25H28N4O3S2/c1-16(2)21-7-6-8-22-23(21)26-25(33-22)28(13-14-29-18(4)15-17(3)27-29)24(30)19-9-11-20(12-10-19)34(5,31)32/h6-12,15-16H,13-14H2,1-5H3. The molecule has 0 radical (unpaired) electrons. The van der Waals surface area contributed by atoms with Gasteiger partial charge in [0.1, 0.15) is 0 Å². The summed E-state index contributed by atoms with van der Waals surface area (Å²) < 4.78 is 26.6. The fourth-order valence-electron chi connectivity index (χ4n) is 3.92. The third-order valence-electron chi connectivity index (χ3n) is 5.71. The Morgan fingerprint density at radius 1 is 1.12 bits per heavy atom. The van der Waals surface area contributed by atoms with Gasteiger partial charge < -0.3 is 0 Å². The first-order chi connectivity index (χ1) is 16.0. The molecule has 0 N–H and O–H groups in total. The fraction of sp³-hybridized carbons (Fsp3) is 0.320. The number of carbonyl (C=O) groups excluding carboxylic acids is 1. The van der Waals surface area contributed by atoms with Crippen molar-refractivity contribution in [1.82, 2.24) is 14.8 Å². The second kappa shape index (κ2) is 9.31. The van der Waals surface area contributed by atoms with Gasteiger partial charge in [-0.15, -0.1) is 0 Å². The number of carbonyl (C=O) groups is 1. The zero-order valence-corrected chi connectivity index (χ0v) is 21.6. The van der Waals surface area contributed by atoms with E-state index in [0.717, 1.165) is 33.4 Å². The number of sulfone groups is 1. The van der Waals surface area contributed by atoms with Crippen LogP contribution in [-0.2, 0) is 16.4 Å². The van der Waals surface area contributed by atoms with E-state index >= 15 is 0 Å². The predicted octanol–water partition coefficient (Wildman–Crippen LogP) is 4.98. The van der Waals surface area contributed by atoms with Gasteiger partial charge in [-0.1, -0.05) is 37.3 Å². The lowest BCUT2D eigenvalue weighted by molar-refractivity contribution is 0.0985. The SMILES string of the molecule is Cc1cc(C)n(CCN(C(=O)c2ccc(S(C)(=O)=O)cc2)c2nc3c(C(C)C)cccc3s2)n1. The van der Waals surface area contributed by atoms with E-state index in [-0.39, 0.29) is 10.8 Å². The number of aromatic nitrogens is 3. The molecular formula is C25H28N4O3S2. The lowest BCUT2D eigenvalue weighted by Crippen LogP contribution is -2.34. The highest BCUT2D eigenvalue weighted by Gasteiger charge is 2.23. The van der Waals surface area contributed by atoms with E-state index < -0.39 is 9.84 Å². The fourth-order valence-corrected chi connectivity index (χ4v) is 5.58. The van der Waals surface area contributed by atoms with E-state index in [1.165, 1.54) is 23.5 Å². The van der Waals surface area contributed by atoms with Crippen molar-refractivity contribution >= 4 is 42.4 Å². The molecule has 0 fully saturated rings. The number of nitrogens with zero attached hydrogens (tertiary/aromatic N) is 4. The summed E-state index contributed by atoms with van der Waals surface area (Å²) in [4.78, 5) is 20.4. The van der Waals surface area contributed by atoms with Crippen molar-refractivity contribution in [2.45, 2.75) is 45.1 Å². The minimum atomic E-state index is -3.34. The third kappa shape index (κ3) is 4.90. The molecule has 0 saturated heterocycles. The third-order valence-corrected chi connectivity index (χ3v) is 7.88.